The first kappa shape index (κ1) is 21.4. The second kappa shape index (κ2) is 9.11. The first-order valence-electron chi connectivity index (χ1n) is 10.0. The van der Waals surface area contributed by atoms with Gasteiger partial charge in [-0.1, -0.05) is 42.1 Å². The van der Waals surface area contributed by atoms with E-state index >= 15 is 0 Å². The van der Waals surface area contributed by atoms with E-state index in [1.54, 1.807) is 16.7 Å². The molecule has 2 aromatic rings. The van der Waals surface area contributed by atoms with Gasteiger partial charge < -0.3 is 16.0 Å². The van der Waals surface area contributed by atoms with Crippen molar-refractivity contribution in [3.63, 3.8) is 0 Å². The highest BCUT2D eigenvalue weighted by Crippen LogP contribution is 2.44. The average molecular weight is 452 g/mol. The maximum Gasteiger partial charge on any atom is 0.269 e. The zero-order valence-corrected chi connectivity index (χ0v) is 19.4. The Bertz CT molecular complexity index is 1090. The molecule has 0 aromatic heterocycles. The third-order valence-corrected chi connectivity index (χ3v) is 7.38. The van der Waals surface area contributed by atoms with E-state index < -0.39 is 0 Å². The van der Waals surface area contributed by atoms with Crippen LogP contribution in [0.1, 0.15) is 19.4 Å². The van der Waals surface area contributed by atoms with Crippen LogP contribution in [-0.4, -0.2) is 34.5 Å². The zero-order chi connectivity index (χ0) is 22.0. The number of nitrogen functional groups attached to an aromatic ring is 1. The standard InChI is InChI=1S/C23H25N5OS2/c1-4-25-18-11-10-17(24)12-19(18)26-23-28(13-16-8-6-5-7-9-16)21(29)20(31-23)22-27(3)15(2)14-30-22/h5-12,14,25H,4,13,24H2,1-3H3/b22-20-,26-23?. The summed E-state index contributed by atoms with van der Waals surface area (Å²) in [6.07, 6.45) is 0. The van der Waals surface area contributed by atoms with Gasteiger partial charge in [-0.3, -0.25) is 9.69 Å². The molecule has 2 heterocycles. The molecule has 0 radical (unpaired) electrons. The number of hydrogen-bond donors (Lipinski definition) is 2. The second-order valence-corrected chi connectivity index (χ2v) is 9.09. The Morgan fingerprint density at radius 1 is 1.16 bits per heavy atom. The van der Waals surface area contributed by atoms with Gasteiger partial charge in [0.05, 0.1) is 22.9 Å². The summed E-state index contributed by atoms with van der Waals surface area (Å²) < 4.78 is 0. The molecule has 0 bridgehead atoms. The van der Waals surface area contributed by atoms with Gasteiger partial charge >= 0.3 is 0 Å². The average Bonchev–Trinajstić information content (AvgIpc) is 3.24. The van der Waals surface area contributed by atoms with Crippen molar-refractivity contribution in [3.05, 3.63) is 75.1 Å². The SMILES string of the molecule is CCNc1ccc(N)cc1N=C1S/C(=C2\SC=C(C)N2C)C(=O)N1Cc1ccccc1. The lowest BCUT2D eigenvalue weighted by Gasteiger charge is -2.17. The number of allylic oxidation sites excluding steroid dienone is 1. The molecule has 0 spiro atoms. The number of carbonyl (C=O) groups is 1. The molecule has 1 amide bonds. The van der Waals surface area contributed by atoms with Gasteiger partial charge in [-0.15, -0.1) is 0 Å². The van der Waals surface area contributed by atoms with Gasteiger partial charge in [-0.25, -0.2) is 4.99 Å². The van der Waals surface area contributed by atoms with Crippen molar-refractivity contribution in [3.8, 4) is 0 Å². The van der Waals surface area contributed by atoms with Crippen molar-refractivity contribution in [2.24, 2.45) is 4.99 Å². The number of anilines is 2. The van der Waals surface area contributed by atoms with Crippen LogP contribution >= 0.6 is 23.5 Å². The van der Waals surface area contributed by atoms with Crippen molar-refractivity contribution in [1.82, 2.24) is 9.80 Å². The van der Waals surface area contributed by atoms with E-state index in [9.17, 15) is 4.79 Å². The number of hydrogen-bond acceptors (Lipinski definition) is 7. The predicted molar refractivity (Wildman–Crippen MR) is 133 cm³/mol. The first-order valence-corrected chi connectivity index (χ1v) is 11.7. The van der Waals surface area contributed by atoms with Crippen LogP contribution in [0.2, 0.25) is 0 Å². The molecular weight excluding hydrogens is 426 g/mol. The lowest BCUT2D eigenvalue weighted by Crippen LogP contribution is -2.29. The monoisotopic (exact) mass is 451 g/mol. The lowest BCUT2D eigenvalue weighted by atomic mass is 10.2. The molecule has 2 aromatic carbocycles. The number of nitrogens with one attached hydrogen (secondary N) is 1. The Hall–Kier alpha value is -2.84. The number of carbonyl (C=O) groups excluding carboxylic acids is 1. The van der Waals surface area contributed by atoms with E-state index in [0.717, 1.165) is 34.2 Å². The molecular formula is C23H25N5OS2. The minimum Gasteiger partial charge on any atom is -0.399 e. The fraction of sp³-hybridized carbons (Fsp3) is 0.217. The maximum absolute atomic E-state index is 13.5. The summed E-state index contributed by atoms with van der Waals surface area (Å²) >= 11 is 3.00. The Morgan fingerprint density at radius 2 is 1.94 bits per heavy atom. The van der Waals surface area contributed by atoms with Crippen molar-refractivity contribution >= 4 is 51.7 Å². The summed E-state index contributed by atoms with van der Waals surface area (Å²) in [5.74, 6) is -0.0287. The predicted octanol–water partition coefficient (Wildman–Crippen LogP) is 5.17. The Balaban J connectivity index is 1.77. The number of nitrogens with two attached hydrogens (primary N) is 1. The normalized spacial score (nSPS) is 20.0. The minimum atomic E-state index is -0.0287. The number of amides is 1. The van der Waals surface area contributed by atoms with Crippen LogP contribution in [0, 0.1) is 0 Å². The Kier molecular flexibility index (Phi) is 6.29. The number of amidine groups is 1. The van der Waals surface area contributed by atoms with Gasteiger partial charge in [-0.05, 0) is 54.8 Å². The van der Waals surface area contributed by atoms with Gasteiger partial charge in [-0.2, -0.15) is 0 Å². The van der Waals surface area contributed by atoms with Crippen molar-refractivity contribution in [2.45, 2.75) is 20.4 Å². The molecule has 0 saturated carbocycles. The van der Waals surface area contributed by atoms with Crippen LogP contribution < -0.4 is 11.1 Å². The smallest absolute Gasteiger partial charge is 0.269 e. The van der Waals surface area contributed by atoms with Crippen LogP contribution in [0.3, 0.4) is 0 Å². The molecule has 1 fully saturated rings. The molecule has 160 valence electrons. The lowest BCUT2D eigenvalue weighted by molar-refractivity contribution is -0.122. The molecule has 2 aliphatic heterocycles. The molecule has 4 rings (SSSR count). The van der Waals surface area contributed by atoms with E-state index in [4.69, 9.17) is 10.7 Å². The molecule has 0 unspecified atom stereocenters. The molecule has 0 atom stereocenters. The highest BCUT2D eigenvalue weighted by Gasteiger charge is 2.38. The van der Waals surface area contributed by atoms with Crippen molar-refractivity contribution < 1.29 is 4.79 Å². The first-order chi connectivity index (χ1) is 15.0. The van der Waals surface area contributed by atoms with Gasteiger partial charge in [0.25, 0.3) is 5.91 Å². The number of nitrogens with zero attached hydrogens (tertiary/aromatic N) is 3. The number of benzene rings is 2. The van der Waals surface area contributed by atoms with E-state index in [-0.39, 0.29) is 5.91 Å². The van der Waals surface area contributed by atoms with Crippen molar-refractivity contribution in [1.29, 1.82) is 0 Å². The van der Waals surface area contributed by atoms with Crippen LogP contribution in [0.15, 0.2) is 74.6 Å². The van der Waals surface area contributed by atoms with E-state index in [1.807, 2.05) is 69.4 Å². The fourth-order valence-corrected chi connectivity index (χ4v) is 5.48. The van der Waals surface area contributed by atoms with Crippen LogP contribution in [0.25, 0.3) is 0 Å². The highest BCUT2D eigenvalue weighted by atomic mass is 32.2. The van der Waals surface area contributed by atoms with Crippen molar-refractivity contribution in [2.75, 3.05) is 24.6 Å². The van der Waals surface area contributed by atoms with Gasteiger partial charge in [0.15, 0.2) is 5.17 Å². The summed E-state index contributed by atoms with van der Waals surface area (Å²) in [6.45, 7) is 5.30. The molecule has 2 aliphatic rings. The zero-order valence-electron chi connectivity index (χ0n) is 17.8. The highest BCUT2D eigenvalue weighted by molar-refractivity contribution is 8.19. The van der Waals surface area contributed by atoms with E-state index in [1.165, 1.54) is 11.8 Å². The molecule has 1 saturated heterocycles. The molecule has 3 N–H and O–H groups in total. The topological polar surface area (TPSA) is 74.0 Å². The maximum atomic E-state index is 13.5. The Labute approximate surface area is 191 Å². The number of rotatable bonds is 5. The van der Waals surface area contributed by atoms with Gasteiger partial charge in [0.1, 0.15) is 4.91 Å². The summed E-state index contributed by atoms with van der Waals surface area (Å²) in [5, 5.41) is 6.98. The summed E-state index contributed by atoms with van der Waals surface area (Å²) in [4.78, 5) is 22.9. The molecule has 31 heavy (non-hydrogen) atoms. The molecule has 6 nitrogen and oxygen atoms in total. The Morgan fingerprint density at radius 3 is 2.61 bits per heavy atom. The largest absolute Gasteiger partial charge is 0.399 e. The third-order valence-electron chi connectivity index (χ3n) is 5.02. The number of thioether (sulfide) groups is 2. The summed E-state index contributed by atoms with van der Waals surface area (Å²) in [6, 6.07) is 15.6. The van der Waals surface area contributed by atoms with Crippen LogP contribution in [0.5, 0.6) is 0 Å². The molecule has 0 aliphatic carbocycles. The second-order valence-electron chi connectivity index (χ2n) is 7.25. The fourth-order valence-electron chi connectivity index (χ4n) is 3.27. The molecule has 8 heteroatoms. The minimum absolute atomic E-state index is 0.0287. The van der Waals surface area contributed by atoms with E-state index in [0.29, 0.717) is 22.3 Å². The van der Waals surface area contributed by atoms with Crippen LogP contribution in [-0.2, 0) is 11.3 Å². The number of aliphatic imine (C=N–C) groups is 1. The summed E-state index contributed by atoms with van der Waals surface area (Å²) in [7, 11) is 1.99. The van der Waals surface area contributed by atoms with Gasteiger partial charge in [0, 0.05) is 25.0 Å². The van der Waals surface area contributed by atoms with Gasteiger partial charge in [0.2, 0.25) is 0 Å². The summed E-state index contributed by atoms with van der Waals surface area (Å²) in [5.41, 5.74) is 10.5. The van der Waals surface area contributed by atoms with Crippen LogP contribution in [0.4, 0.5) is 17.1 Å². The third kappa shape index (κ3) is 4.45. The van der Waals surface area contributed by atoms with E-state index in [2.05, 4.69) is 15.6 Å². The quantitative estimate of drug-likeness (QED) is 0.482.